The highest BCUT2D eigenvalue weighted by Crippen LogP contribution is 2.29. The zero-order chi connectivity index (χ0) is 14.5. The summed E-state index contributed by atoms with van der Waals surface area (Å²) in [4.78, 5) is 1.34. The van der Waals surface area contributed by atoms with Gasteiger partial charge in [0.25, 0.3) is 0 Å². The lowest BCUT2D eigenvalue weighted by Gasteiger charge is -2.22. The van der Waals surface area contributed by atoms with Gasteiger partial charge in [-0.3, -0.25) is 0 Å². The normalized spacial score (nSPS) is 14.8. The molecule has 3 heteroatoms. The van der Waals surface area contributed by atoms with Crippen LogP contribution in [-0.4, -0.2) is 17.8 Å². The van der Waals surface area contributed by atoms with Gasteiger partial charge in [0.15, 0.2) is 0 Å². The van der Waals surface area contributed by atoms with Crippen molar-refractivity contribution >= 4 is 21.4 Å². The van der Waals surface area contributed by atoms with Crippen molar-refractivity contribution < 1.29 is 5.11 Å². The van der Waals surface area contributed by atoms with Crippen LogP contribution in [0.4, 0.5) is 0 Å². The summed E-state index contributed by atoms with van der Waals surface area (Å²) in [7, 11) is 0. The van der Waals surface area contributed by atoms with Crippen molar-refractivity contribution in [3.63, 3.8) is 0 Å². The lowest BCUT2D eigenvalue weighted by Crippen LogP contribution is -2.33. The molecule has 0 saturated carbocycles. The maximum Gasteiger partial charge on any atom is 0.0692 e. The molecule has 0 amide bonds. The van der Waals surface area contributed by atoms with E-state index < -0.39 is 0 Å². The van der Waals surface area contributed by atoms with Gasteiger partial charge in [-0.2, -0.15) is 0 Å². The van der Waals surface area contributed by atoms with Crippen LogP contribution >= 0.6 is 11.3 Å². The molecule has 2 N–H and O–H groups in total. The van der Waals surface area contributed by atoms with Gasteiger partial charge >= 0.3 is 0 Å². The molecule has 110 valence electrons. The predicted molar refractivity (Wildman–Crippen MR) is 88.3 cm³/mol. The number of aliphatic hydroxyl groups excluding tert-OH is 1. The molecular weight excluding hydrogens is 266 g/mol. The van der Waals surface area contributed by atoms with E-state index in [1.54, 1.807) is 0 Å². The highest BCUT2D eigenvalue weighted by atomic mass is 32.1. The van der Waals surface area contributed by atoms with E-state index >= 15 is 0 Å². The molecular formula is C17H25NOS. The van der Waals surface area contributed by atoms with Crippen LogP contribution in [0, 0.1) is 5.92 Å². The van der Waals surface area contributed by atoms with Gasteiger partial charge in [-0.1, -0.05) is 44.9 Å². The van der Waals surface area contributed by atoms with Crippen LogP contribution in [0.1, 0.15) is 44.5 Å². The summed E-state index contributed by atoms with van der Waals surface area (Å²) < 4.78 is 1.33. The quantitative estimate of drug-likeness (QED) is 0.795. The summed E-state index contributed by atoms with van der Waals surface area (Å²) in [6, 6.07) is 11.0. The molecule has 2 unspecified atom stereocenters. The van der Waals surface area contributed by atoms with Gasteiger partial charge in [0, 0.05) is 22.2 Å². The molecule has 0 saturated heterocycles. The topological polar surface area (TPSA) is 32.3 Å². The molecule has 20 heavy (non-hydrogen) atoms. The van der Waals surface area contributed by atoms with Crippen LogP contribution in [0.5, 0.6) is 0 Å². The van der Waals surface area contributed by atoms with Gasteiger partial charge in [0.2, 0.25) is 0 Å². The molecule has 2 rings (SSSR count). The number of nitrogens with one attached hydrogen (secondary N) is 1. The Labute approximate surface area is 125 Å². The van der Waals surface area contributed by atoms with E-state index in [0.717, 1.165) is 12.8 Å². The number of aliphatic hydroxyl groups is 1. The Balaban J connectivity index is 1.96. The standard InChI is InChI=1S/C17H25NOS/c1-4-13(5-2)15(19)11-18-12(3)17-10-14-8-6-7-9-16(14)20-17/h6-10,12-13,15,18-19H,4-5,11H2,1-3H3. The van der Waals surface area contributed by atoms with Crippen LogP contribution < -0.4 is 5.32 Å². The molecule has 0 radical (unpaired) electrons. The lowest BCUT2D eigenvalue weighted by molar-refractivity contribution is 0.0990. The van der Waals surface area contributed by atoms with Crippen LogP contribution in [0.2, 0.25) is 0 Å². The van der Waals surface area contributed by atoms with Crippen molar-refractivity contribution in [2.75, 3.05) is 6.54 Å². The van der Waals surface area contributed by atoms with Gasteiger partial charge in [-0.25, -0.2) is 0 Å². The summed E-state index contributed by atoms with van der Waals surface area (Å²) in [5.74, 6) is 0.400. The van der Waals surface area contributed by atoms with Gasteiger partial charge in [0.05, 0.1) is 6.10 Å². The van der Waals surface area contributed by atoms with Gasteiger partial charge in [0.1, 0.15) is 0 Å². The first kappa shape index (κ1) is 15.5. The van der Waals surface area contributed by atoms with E-state index in [0.29, 0.717) is 12.5 Å². The number of hydrogen-bond donors (Lipinski definition) is 2. The van der Waals surface area contributed by atoms with Crippen LogP contribution in [-0.2, 0) is 0 Å². The zero-order valence-corrected chi connectivity index (χ0v) is 13.4. The molecule has 0 aliphatic rings. The average molecular weight is 291 g/mol. The van der Waals surface area contributed by atoms with Gasteiger partial charge in [-0.05, 0) is 30.4 Å². The SMILES string of the molecule is CCC(CC)C(O)CNC(C)c1cc2ccccc2s1. The van der Waals surface area contributed by atoms with Gasteiger partial charge < -0.3 is 10.4 Å². The molecule has 1 aromatic heterocycles. The Kier molecular flexibility index (Phi) is 5.58. The molecule has 2 aromatic rings. The minimum absolute atomic E-state index is 0.248. The fourth-order valence-corrected chi connectivity index (χ4v) is 3.70. The first-order chi connectivity index (χ1) is 9.65. The second kappa shape index (κ2) is 7.21. The van der Waals surface area contributed by atoms with Crippen LogP contribution in [0.3, 0.4) is 0 Å². The highest BCUT2D eigenvalue weighted by molar-refractivity contribution is 7.19. The molecule has 1 aromatic carbocycles. The molecule has 1 heterocycles. The van der Waals surface area contributed by atoms with E-state index in [9.17, 15) is 5.11 Å². The maximum atomic E-state index is 10.2. The third kappa shape index (κ3) is 3.60. The monoisotopic (exact) mass is 291 g/mol. The van der Waals surface area contributed by atoms with Crippen LogP contribution in [0.25, 0.3) is 10.1 Å². The molecule has 2 nitrogen and oxygen atoms in total. The Hall–Kier alpha value is -0.900. The summed E-state index contributed by atoms with van der Waals surface area (Å²) in [6.45, 7) is 7.13. The van der Waals surface area contributed by atoms with E-state index in [4.69, 9.17) is 0 Å². The fourth-order valence-electron chi connectivity index (χ4n) is 2.61. The third-order valence-corrected chi connectivity index (χ3v) is 5.40. The average Bonchev–Trinajstić information content (AvgIpc) is 2.90. The molecule has 0 bridgehead atoms. The molecule has 0 aliphatic carbocycles. The zero-order valence-electron chi connectivity index (χ0n) is 12.6. The minimum atomic E-state index is -0.248. The number of thiophene rings is 1. The Morgan fingerprint density at radius 3 is 2.55 bits per heavy atom. The van der Waals surface area contributed by atoms with Crippen molar-refractivity contribution in [1.82, 2.24) is 5.32 Å². The van der Waals surface area contributed by atoms with E-state index in [1.165, 1.54) is 15.0 Å². The largest absolute Gasteiger partial charge is 0.392 e. The fraction of sp³-hybridized carbons (Fsp3) is 0.529. The lowest BCUT2D eigenvalue weighted by atomic mass is 9.96. The van der Waals surface area contributed by atoms with Crippen LogP contribution in [0.15, 0.2) is 30.3 Å². The summed E-state index contributed by atoms with van der Waals surface area (Å²) in [5.41, 5.74) is 0. The van der Waals surface area contributed by atoms with E-state index in [-0.39, 0.29) is 12.1 Å². The molecule has 0 aliphatic heterocycles. The Bertz CT molecular complexity index is 500. The number of rotatable bonds is 7. The van der Waals surface area contributed by atoms with Crippen molar-refractivity contribution in [3.05, 3.63) is 35.2 Å². The van der Waals surface area contributed by atoms with Crippen molar-refractivity contribution in [3.8, 4) is 0 Å². The second-order valence-corrected chi connectivity index (χ2v) is 6.58. The Morgan fingerprint density at radius 1 is 1.20 bits per heavy atom. The Morgan fingerprint density at radius 2 is 1.90 bits per heavy atom. The number of hydrogen-bond acceptors (Lipinski definition) is 3. The molecule has 0 fully saturated rings. The first-order valence-corrected chi connectivity index (χ1v) is 8.37. The first-order valence-electron chi connectivity index (χ1n) is 7.55. The minimum Gasteiger partial charge on any atom is -0.392 e. The third-order valence-electron chi connectivity index (χ3n) is 4.10. The number of fused-ring (bicyclic) bond motifs is 1. The molecule has 0 spiro atoms. The predicted octanol–water partition coefficient (Wildman–Crippen LogP) is 4.35. The van der Waals surface area contributed by atoms with Gasteiger partial charge in [-0.15, -0.1) is 11.3 Å². The highest BCUT2D eigenvalue weighted by Gasteiger charge is 2.17. The summed E-state index contributed by atoms with van der Waals surface area (Å²) in [6.07, 6.45) is 1.83. The van der Waals surface area contributed by atoms with E-state index in [2.05, 4.69) is 56.4 Å². The summed E-state index contributed by atoms with van der Waals surface area (Å²) in [5, 5.41) is 15.0. The summed E-state index contributed by atoms with van der Waals surface area (Å²) >= 11 is 1.83. The maximum absolute atomic E-state index is 10.2. The van der Waals surface area contributed by atoms with E-state index in [1.807, 2.05) is 11.3 Å². The second-order valence-electron chi connectivity index (χ2n) is 5.46. The van der Waals surface area contributed by atoms with Crippen molar-refractivity contribution in [2.45, 2.75) is 45.8 Å². The van der Waals surface area contributed by atoms with Crippen molar-refractivity contribution in [2.24, 2.45) is 5.92 Å². The number of benzene rings is 1. The smallest absolute Gasteiger partial charge is 0.0692 e. The van der Waals surface area contributed by atoms with Crippen molar-refractivity contribution in [1.29, 1.82) is 0 Å². The molecule has 2 atom stereocenters.